The number of hydrogen-bond donors (Lipinski definition) is 0. The smallest absolute Gasteiger partial charge is 0.213 e. The summed E-state index contributed by atoms with van der Waals surface area (Å²) in [5.41, 5.74) is 0.887. The predicted molar refractivity (Wildman–Crippen MR) is 59.4 cm³/mol. The van der Waals surface area contributed by atoms with Crippen molar-refractivity contribution in [3.8, 4) is 11.6 Å². The molecule has 16 heavy (non-hydrogen) atoms. The van der Waals surface area contributed by atoms with Crippen molar-refractivity contribution >= 4 is 0 Å². The van der Waals surface area contributed by atoms with Crippen LogP contribution in [0.3, 0.4) is 0 Å². The first-order valence-corrected chi connectivity index (χ1v) is 4.91. The van der Waals surface area contributed by atoms with Crippen LogP contribution < -0.4 is 9.47 Å². The quantitative estimate of drug-likeness (QED) is 0.784. The molecule has 0 aliphatic carbocycles. The number of methoxy groups -OCH3 is 1. The second-order valence-corrected chi connectivity index (χ2v) is 3.15. The van der Waals surface area contributed by atoms with E-state index >= 15 is 0 Å². The third-order valence-electron chi connectivity index (χ3n) is 2.03. The zero-order chi connectivity index (χ0) is 11.2. The Hall–Kier alpha value is -2.10. The lowest BCUT2D eigenvalue weighted by molar-refractivity contribution is 0.298. The van der Waals surface area contributed by atoms with E-state index in [4.69, 9.17) is 9.47 Å². The predicted octanol–water partition coefficient (Wildman–Crippen LogP) is 2.06. The Morgan fingerprint density at radius 3 is 2.69 bits per heavy atom. The van der Waals surface area contributed by atoms with Gasteiger partial charge in [0.1, 0.15) is 12.4 Å². The van der Waals surface area contributed by atoms with Crippen molar-refractivity contribution in [1.29, 1.82) is 0 Å². The largest absolute Gasteiger partial charge is 0.486 e. The van der Waals surface area contributed by atoms with Crippen molar-refractivity contribution in [3.63, 3.8) is 0 Å². The minimum atomic E-state index is 0.439. The Labute approximate surface area is 93.9 Å². The van der Waals surface area contributed by atoms with E-state index in [9.17, 15) is 0 Å². The molecule has 0 spiro atoms. The maximum atomic E-state index is 5.51. The van der Waals surface area contributed by atoms with Crippen LogP contribution >= 0.6 is 0 Å². The summed E-state index contributed by atoms with van der Waals surface area (Å²) in [6.07, 6.45) is 3.37. The second kappa shape index (κ2) is 5.11. The summed E-state index contributed by atoms with van der Waals surface area (Å²) in [6, 6.07) is 9.29. The summed E-state index contributed by atoms with van der Waals surface area (Å²) in [5, 5.41) is 0. The molecule has 4 heteroatoms. The molecular formula is C12H12N2O2. The van der Waals surface area contributed by atoms with Crippen LogP contribution in [0.5, 0.6) is 11.6 Å². The maximum absolute atomic E-state index is 5.51. The summed E-state index contributed by atoms with van der Waals surface area (Å²) in [6.45, 7) is 0.439. The lowest BCUT2D eigenvalue weighted by Crippen LogP contribution is -1.98. The fraction of sp³-hybridized carbons (Fsp3) is 0.167. The Kier molecular flexibility index (Phi) is 3.33. The molecule has 0 aromatic carbocycles. The molecule has 2 aromatic heterocycles. The molecular weight excluding hydrogens is 204 g/mol. The average molecular weight is 216 g/mol. The van der Waals surface area contributed by atoms with E-state index in [2.05, 4.69) is 9.97 Å². The van der Waals surface area contributed by atoms with Gasteiger partial charge in [-0.05, 0) is 18.2 Å². The van der Waals surface area contributed by atoms with Crippen LogP contribution in [0.15, 0.2) is 42.7 Å². The second-order valence-electron chi connectivity index (χ2n) is 3.15. The minimum absolute atomic E-state index is 0.439. The first kappa shape index (κ1) is 10.4. The van der Waals surface area contributed by atoms with Crippen LogP contribution in [-0.4, -0.2) is 17.1 Å². The highest BCUT2D eigenvalue weighted by molar-refractivity contribution is 5.22. The van der Waals surface area contributed by atoms with Crippen LogP contribution in [0.25, 0.3) is 0 Å². The summed E-state index contributed by atoms with van der Waals surface area (Å²) < 4.78 is 10.5. The average Bonchev–Trinajstić information content (AvgIpc) is 2.38. The van der Waals surface area contributed by atoms with Gasteiger partial charge >= 0.3 is 0 Å². The van der Waals surface area contributed by atoms with Crippen LogP contribution in [0.1, 0.15) is 5.69 Å². The van der Waals surface area contributed by atoms with Gasteiger partial charge < -0.3 is 9.47 Å². The maximum Gasteiger partial charge on any atom is 0.213 e. The molecule has 0 saturated heterocycles. The normalized spacial score (nSPS) is 9.81. The molecule has 0 aliphatic heterocycles. The monoisotopic (exact) mass is 216 g/mol. The topological polar surface area (TPSA) is 44.2 Å². The van der Waals surface area contributed by atoms with Gasteiger partial charge in [-0.3, -0.25) is 4.98 Å². The van der Waals surface area contributed by atoms with Gasteiger partial charge in [-0.1, -0.05) is 6.07 Å². The first-order chi connectivity index (χ1) is 7.88. The van der Waals surface area contributed by atoms with Crippen LogP contribution in [0.4, 0.5) is 0 Å². The fourth-order valence-electron chi connectivity index (χ4n) is 1.21. The Bertz CT molecular complexity index is 429. The summed E-state index contributed by atoms with van der Waals surface area (Å²) in [4.78, 5) is 8.20. The Morgan fingerprint density at radius 1 is 1.12 bits per heavy atom. The molecule has 0 aliphatic rings. The summed E-state index contributed by atoms with van der Waals surface area (Å²) in [7, 11) is 1.58. The molecule has 2 rings (SSSR count). The molecule has 2 heterocycles. The molecule has 0 atom stereocenters. The van der Waals surface area contributed by atoms with E-state index in [1.165, 1.54) is 0 Å². The zero-order valence-corrected chi connectivity index (χ0v) is 8.96. The first-order valence-electron chi connectivity index (χ1n) is 4.91. The molecule has 0 unspecified atom stereocenters. The molecule has 0 N–H and O–H groups in total. The van der Waals surface area contributed by atoms with Gasteiger partial charge in [0.05, 0.1) is 19.0 Å². The van der Waals surface area contributed by atoms with Gasteiger partial charge in [0.25, 0.3) is 0 Å². The molecule has 0 amide bonds. The number of aromatic nitrogens is 2. The van der Waals surface area contributed by atoms with Crippen molar-refractivity contribution in [2.75, 3.05) is 7.11 Å². The number of pyridine rings is 2. The third kappa shape index (κ3) is 2.70. The van der Waals surface area contributed by atoms with Gasteiger partial charge in [-0.2, -0.15) is 0 Å². The van der Waals surface area contributed by atoms with E-state index in [-0.39, 0.29) is 0 Å². The van der Waals surface area contributed by atoms with E-state index < -0.39 is 0 Å². The molecule has 0 radical (unpaired) electrons. The van der Waals surface area contributed by atoms with Crippen LogP contribution in [0.2, 0.25) is 0 Å². The molecule has 2 aromatic rings. The summed E-state index contributed by atoms with van der Waals surface area (Å²) in [5.74, 6) is 1.27. The number of nitrogens with zero attached hydrogens (tertiary/aromatic N) is 2. The third-order valence-corrected chi connectivity index (χ3v) is 2.03. The number of rotatable bonds is 4. The molecule has 0 bridgehead atoms. The van der Waals surface area contributed by atoms with E-state index in [0.717, 1.165) is 5.69 Å². The van der Waals surface area contributed by atoms with E-state index in [1.807, 2.05) is 24.3 Å². The van der Waals surface area contributed by atoms with E-state index in [1.54, 1.807) is 25.6 Å². The van der Waals surface area contributed by atoms with Crippen molar-refractivity contribution in [3.05, 3.63) is 48.4 Å². The highest BCUT2D eigenvalue weighted by Gasteiger charge is 1.97. The molecule has 0 fully saturated rings. The summed E-state index contributed by atoms with van der Waals surface area (Å²) >= 11 is 0. The van der Waals surface area contributed by atoms with E-state index in [0.29, 0.717) is 18.2 Å². The molecule has 4 nitrogen and oxygen atoms in total. The van der Waals surface area contributed by atoms with Gasteiger partial charge in [0.2, 0.25) is 5.88 Å². The fourth-order valence-corrected chi connectivity index (χ4v) is 1.21. The standard InChI is InChI=1S/C12H12N2O2/c1-15-12-6-5-11(8-14-12)16-9-10-4-2-3-7-13-10/h2-8H,9H2,1H3. The van der Waals surface area contributed by atoms with Crippen molar-refractivity contribution in [2.45, 2.75) is 6.61 Å². The SMILES string of the molecule is COc1ccc(OCc2ccccn2)cn1. The van der Waals surface area contributed by atoms with Crippen molar-refractivity contribution in [2.24, 2.45) is 0 Å². The van der Waals surface area contributed by atoms with Crippen LogP contribution in [0, 0.1) is 0 Å². The lowest BCUT2D eigenvalue weighted by atomic mass is 10.4. The Morgan fingerprint density at radius 2 is 2.06 bits per heavy atom. The Balaban J connectivity index is 1.94. The lowest BCUT2D eigenvalue weighted by Gasteiger charge is -2.05. The van der Waals surface area contributed by atoms with Gasteiger partial charge in [0, 0.05) is 12.3 Å². The zero-order valence-electron chi connectivity index (χ0n) is 8.96. The number of ether oxygens (including phenoxy) is 2. The highest BCUT2D eigenvalue weighted by atomic mass is 16.5. The van der Waals surface area contributed by atoms with Gasteiger partial charge in [-0.25, -0.2) is 4.98 Å². The highest BCUT2D eigenvalue weighted by Crippen LogP contribution is 2.14. The minimum Gasteiger partial charge on any atom is -0.486 e. The van der Waals surface area contributed by atoms with Crippen LogP contribution in [-0.2, 0) is 6.61 Å². The molecule has 82 valence electrons. The van der Waals surface area contributed by atoms with Gasteiger partial charge in [-0.15, -0.1) is 0 Å². The molecule has 0 saturated carbocycles. The number of hydrogen-bond acceptors (Lipinski definition) is 4. The van der Waals surface area contributed by atoms with Gasteiger partial charge in [0.15, 0.2) is 0 Å². The van der Waals surface area contributed by atoms with Crippen molar-refractivity contribution < 1.29 is 9.47 Å². The van der Waals surface area contributed by atoms with Crippen molar-refractivity contribution in [1.82, 2.24) is 9.97 Å².